The van der Waals surface area contributed by atoms with Gasteiger partial charge in [-0.3, -0.25) is 4.18 Å². The summed E-state index contributed by atoms with van der Waals surface area (Å²) in [5, 5.41) is 0. The van der Waals surface area contributed by atoms with E-state index >= 15 is 0 Å². The molecule has 0 radical (unpaired) electrons. The van der Waals surface area contributed by atoms with E-state index in [1.807, 2.05) is 13.8 Å². The fourth-order valence-corrected chi connectivity index (χ4v) is 2.35. The molecule has 0 N–H and O–H groups in total. The minimum atomic E-state index is -3.60. The fourth-order valence-electron chi connectivity index (χ4n) is 1.18. The number of aryl methyl sites for hydroxylation is 2. The summed E-state index contributed by atoms with van der Waals surface area (Å²) in [4.78, 5) is 0.222. The Morgan fingerprint density at radius 1 is 1.13 bits per heavy atom. The molecule has 3 nitrogen and oxygen atoms in total. The zero-order chi connectivity index (χ0) is 11.6. The summed E-state index contributed by atoms with van der Waals surface area (Å²) in [5.41, 5.74) is 2.02. The lowest BCUT2D eigenvalue weighted by atomic mass is 10.1. The van der Waals surface area contributed by atoms with Crippen LogP contribution in [0.5, 0.6) is 0 Å². The van der Waals surface area contributed by atoms with Gasteiger partial charge in [0, 0.05) is 0 Å². The number of rotatable bonds is 3. The first-order chi connectivity index (χ1) is 6.83. The second-order valence-electron chi connectivity index (χ2n) is 3.85. The highest BCUT2D eigenvalue weighted by Gasteiger charge is 2.17. The minimum absolute atomic E-state index is 0.222. The molecular weight excluding hydrogens is 212 g/mol. The van der Waals surface area contributed by atoms with Gasteiger partial charge in [0.1, 0.15) is 0 Å². The molecule has 84 valence electrons. The molecule has 0 aromatic heterocycles. The summed E-state index contributed by atoms with van der Waals surface area (Å²) in [5.74, 6) is 0. The summed E-state index contributed by atoms with van der Waals surface area (Å²) in [7, 11) is -3.60. The van der Waals surface area contributed by atoms with E-state index in [1.54, 1.807) is 32.0 Å². The van der Waals surface area contributed by atoms with Gasteiger partial charge in [0.2, 0.25) is 0 Å². The molecule has 0 amide bonds. The molecule has 0 fully saturated rings. The lowest BCUT2D eigenvalue weighted by molar-refractivity contribution is 0.249. The van der Waals surface area contributed by atoms with Crippen LogP contribution in [-0.4, -0.2) is 14.5 Å². The van der Waals surface area contributed by atoms with Crippen LogP contribution in [0, 0.1) is 13.8 Å². The van der Waals surface area contributed by atoms with Crippen LogP contribution in [0.15, 0.2) is 23.1 Å². The van der Waals surface area contributed by atoms with Crippen molar-refractivity contribution >= 4 is 10.1 Å². The minimum Gasteiger partial charge on any atom is -0.264 e. The Hall–Kier alpha value is -0.870. The van der Waals surface area contributed by atoms with Crippen molar-refractivity contribution in [3.63, 3.8) is 0 Å². The summed E-state index contributed by atoms with van der Waals surface area (Å²) in [6.07, 6.45) is -0.336. The third-order valence-corrected chi connectivity index (χ3v) is 3.56. The van der Waals surface area contributed by atoms with Crippen LogP contribution in [-0.2, 0) is 14.3 Å². The van der Waals surface area contributed by atoms with Gasteiger partial charge >= 0.3 is 0 Å². The second-order valence-corrected chi connectivity index (χ2v) is 5.42. The Labute approximate surface area is 91.2 Å². The third-order valence-electron chi connectivity index (χ3n) is 2.09. The van der Waals surface area contributed by atoms with Gasteiger partial charge in [-0.15, -0.1) is 0 Å². The molecule has 0 heterocycles. The van der Waals surface area contributed by atoms with Crippen LogP contribution in [0.25, 0.3) is 0 Å². The van der Waals surface area contributed by atoms with E-state index in [0.717, 1.165) is 11.1 Å². The van der Waals surface area contributed by atoms with E-state index < -0.39 is 10.1 Å². The number of benzene rings is 1. The molecule has 0 aliphatic carbocycles. The zero-order valence-electron chi connectivity index (χ0n) is 9.44. The first kappa shape index (κ1) is 12.2. The quantitative estimate of drug-likeness (QED) is 0.746. The molecule has 0 spiro atoms. The number of hydrogen-bond acceptors (Lipinski definition) is 3. The van der Waals surface area contributed by atoms with Gasteiger partial charge in [-0.05, 0) is 51.0 Å². The van der Waals surface area contributed by atoms with Crippen molar-refractivity contribution < 1.29 is 12.6 Å². The first-order valence-corrected chi connectivity index (χ1v) is 6.24. The highest BCUT2D eigenvalue weighted by atomic mass is 32.2. The van der Waals surface area contributed by atoms with Crippen molar-refractivity contribution in [1.82, 2.24) is 0 Å². The van der Waals surface area contributed by atoms with Crippen LogP contribution >= 0.6 is 0 Å². The third kappa shape index (κ3) is 3.04. The van der Waals surface area contributed by atoms with E-state index in [-0.39, 0.29) is 11.0 Å². The molecular formula is C11H16O3S. The molecule has 1 aromatic rings. The van der Waals surface area contributed by atoms with E-state index in [9.17, 15) is 8.42 Å². The predicted molar refractivity (Wildman–Crippen MR) is 59.3 cm³/mol. The molecule has 0 saturated heterocycles. The van der Waals surface area contributed by atoms with Crippen LogP contribution in [0.4, 0.5) is 0 Å². The van der Waals surface area contributed by atoms with Gasteiger partial charge in [0.05, 0.1) is 11.0 Å². The molecule has 0 atom stereocenters. The maximum absolute atomic E-state index is 11.7. The SMILES string of the molecule is Cc1ccc(S(=O)(=O)OC(C)C)cc1C. The largest absolute Gasteiger partial charge is 0.297 e. The summed E-state index contributed by atoms with van der Waals surface area (Å²) < 4.78 is 28.3. The molecule has 0 aliphatic heterocycles. The Morgan fingerprint density at radius 2 is 1.73 bits per heavy atom. The van der Waals surface area contributed by atoms with E-state index in [2.05, 4.69) is 0 Å². The maximum Gasteiger partial charge on any atom is 0.297 e. The van der Waals surface area contributed by atoms with Gasteiger partial charge in [-0.2, -0.15) is 8.42 Å². The second kappa shape index (κ2) is 4.33. The van der Waals surface area contributed by atoms with Crippen LogP contribution in [0.2, 0.25) is 0 Å². The average molecular weight is 228 g/mol. The van der Waals surface area contributed by atoms with Crippen molar-refractivity contribution in [3.05, 3.63) is 29.3 Å². The molecule has 0 saturated carbocycles. The van der Waals surface area contributed by atoms with Crippen molar-refractivity contribution in [2.45, 2.75) is 38.7 Å². The number of hydrogen-bond donors (Lipinski definition) is 0. The lowest BCUT2D eigenvalue weighted by Gasteiger charge is -2.09. The summed E-state index contributed by atoms with van der Waals surface area (Å²) >= 11 is 0. The van der Waals surface area contributed by atoms with Crippen molar-refractivity contribution in [1.29, 1.82) is 0 Å². The van der Waals surface area contributed by atoms with Gasteiger partial charge in [-0.1, -0.05) is 6.07 Å². The topological polar surface area (TPSA) is 43.4 Å². The van der Waals surface area contributed by atoms with Crippen LogP contribution in [0.1, 0.15) is 25.0 Å². The fraction of sp³-hybridized carbons (Fsp3) is 0.455. The smallest absolute Gasteiger partial charge is 0.264 e. The molecule has 0 unspecified atom stereocenters. The van der Waals surface area contributed by atoms with Gasteiger partial charge in [0.15, 0.2) is 0 Å². The maximum atomic E-state index is 11.7. The van der Waals surface area contributed by atoms with Gasteiger partial charge in [0.25, 0.3) is 10.1 Å². The average Bonchev–Trinajstić information content (AvgIpc) is 2.07. The Kier molecular flexibility index (Phi) is 3.52. The van der Waals surface area contributed by atoms with E-state index in [0.29, 0.717) is 0 Å². The standard InChI is InChI=1S/C11H16O3S/c1-8(2)14-15(12,13)11-6-5-9(3)10(4)7-11/h5-8H,1-4H3. The highest BCUT2D eigenvalue weighted by Crippen LogP contribution is 2.17. The first-order valence-electron chi connectivity index (χ1n) is 4.83. The molecule has 0 aliphatic rings. The highest BCUT2D eigenvalue weighted by molar-refractivity contribution is 7.86. The molecule has 4 heteroatoms. The Balaban J connectivity index is 3.11. The lowest BCUT2D eigenvalue weighted by Crippen LogP contribution is -2.12. The van der Waals surface area contributed by atoms with Crippen LogP contribution in [0.3, 0.4) is 0 Å². The summed E-state index contributed by atoms with van der Waals surface area (Å²) in [6, 6.07) is 4.99. The Morgan fingerprint density at radius 3 is 2.20 bits per heavy atom. The van der Waals surface area contributed by atoms with Gasteiger partial charge in [-0.25, -0.2) is 0 Å². The van der Waals surface area contributed by atoms with Crippen molar-refractivity contribution in [3.8, 4) is 0 Å². The normalized spacial score (nSPS) is 12.1. The molecule has 0 bridgehead atoms. The molecule has 1 aromatic carbocycles. The monoisotopic (exact) mass is 228 g/mol. The van der Waals surface area contributed by atoms with E-state index in [4.69, 9.17) is 4.18 Å². The predicted octanol–water partition coefficient (Wildman–Crippen LogP) is 2.42. The molecule has 1 rings (SSSR count). The summed E-state index contributed by atoms with van der Waals surface area (Å²) in [6.45, 7) is 7.20. The Bertz CT molecular complexity index is 447. The van der Waals surface area contributed by atoms with Crippen LogP contribution < -0.4 is 0 Å². The van der Waals surface area contributed by atoms with Crippen molar-refractivity contribution in [2.24, 2.45) is 0 Å². The zero-order valence-corrected chi connectivity index (χ0v) is 10.3. The van der Waals surface area contributed by atoms with Gasteiger partial charge < -0.3 is 0 Å². The molecule has 15 heavy (non-hydrogen) atoms. The van der Waals surface area contributed by atoms with Crippen molar-refractivity contribution in [2.75, 3.05) is 0 Å². The van der Waals surface area contributed by atoms with E-state index in [1.165, 1.54) is 0 Å².